The zero-order chi connectivity index (χ0) is 17.5. The van der Waals surface area contributed by atoms with Gasteiger partial charge < -0.3 is 20.9 Å². The maximum Gasteiger partial charge on any atom is 0.225 e. The van der Waals surface area contributed by atoms with Crippen LogP contribution in [0.4, 0.5) is 0 Å². The van der Waals surface area contributed by atoms with E-state index in [2.05, 4.69) is 20.9 Å². The van der Waals surface area contributed by atoms with Gasteiger partial charge in [0.25, 0.3) is 0 Å². The van der Waals surface area contributed by atoms with Crippen molar-refractivity contribution < 1.29 is 9.59 Å². The quantitative estimate of drug-likeness (QED) is 0.251. The molecule has 0 bridgehead atoms. The largest absolute Gasteiger partial charge is 0.357 e. The highest BCUT2D eigenvalue weighted by molar-refractivity contribution is 14.0. The number of piperidine rings is 1. The van der Waals surface area contributed by atoms with Crippen molar-refractivity contribution in [2.24, 2.45) is 10.4 Å². The first-order valence-electron chi connectivity index (χ1n) is 8.31. The monoisotopic (exact) mass is 453 g/mol. The van der Waals surface area contributed by atoms with E-state index in [1.54, 1.807) is 4.90 Å². The van der Waals surface area contributed by atoms with Crippen molar-refractivity contribution in [3.05, 3.63) is 0 Å². The summed E-state index contributed by atoms with van der Waals surface area (Å²) in [5, 5.41) is 9.44. The smallest absolute Gasteiger partial charge is 0.225 e. The van der Waals surface area contributed by atoms with Gasteiger partial charge in [-0.05, 0) is 13.3 Å². The molecule has 1 rings (SSSR count). The normalized spacial score (nSPS) is 18.7. The number of likely N-dealkylation sites (N-methyl/N-ethyl adjacent to an activating group) is 1. The minimum absolute atomic E-state index is 0. The maximum atomic E-state index is 11.8. The molecule has 8 heteroatoms. The lowest BCUT2D eigenvalue weighted by molar-refractivity contribution is -0.132. The van der Waals surface area contributed by atoms with Crippen LogP contribution >= 0.6 is 24.0 Å². The molecule has 24 heavy (non-hydrogen) atoms. The number of likely N-dealkylation sites (tertiary alicyclic amines) is 1. The summed E-state index contributed by atoms with van der Waals surface area (Å²) in [4.78, 5) is 29.5. The predicted molar refractivity (Wildman–Crippen MR) is 108 cm³/mol. The Hall–Kier alpha value is -1.06. The molecular weight excluding hydrogens is 421 g/mol. The number of nitrogens with one attached hydrogen (secondary N) is 3. The maximum absolute atomic E-state index is 11.8. The highest BCUT2D eigenvalue weighted by Gasteiger charge is 2.23. The fourth-order valence-corrected chi connectivity index (χ4v) is 2.25. The molecule has 0 radical (unpaired) electrons. The van der Waals surface area contributed by atoms with E-state index in [0.717, 1.165) is 18.9 Å². The third-order valence-electron chi connectivity index (χ3n) is 3.66. The SMILES string of the molecule is CCNC(=NCCNC(=O)C(C)(C)C)NC1CCC(=O)N(C)C1.I. The number of amides is 2. The summed E-state index contributed by atoms with van der Waals surface area (Å²) in [6, 6.07) is 0.208. The fraction of sp³-hybridized carbons (Fsp3) is 0.812. The van der Waals surface area contributed by atoms with E-state index in [9.17, 15) is 9.59 Å². The van der Waals surface area contributed by atoms with Gasteiger partial charge in [-0.25, -0.2) is 0 Å². The molecule has 1 heterocycles. The fourth-order valence-electron chi connectivity index (χ4n) is 2.25. The zero-order valence-electron chi connectivity index (χ0n) is 15.4. The van der Waals surface area contributed by atoms with Gasteiger partial charge in [0.05, 0.1) is 6.54 Å². The highest BCUT2D eigenvalue weighted by atomic mass is 127. The van der Waals surface area contributed by atoms with Crippen LogP contribution < -0.4 is 16.0 Å². The Morgan fingerprint density at radius 1 is 1.33 bits per heavy atom. The number of carbonyl (C=O) groups excluding carboxylic acids is 2. The molecule has 0 aromatic carbocycles. The molecule has 7 nitrogen and oxygen atoms in total. The van der Waals surface area contributed by atoms with Crippen molar-refractivity contribution in [3.8, 4) is 0 Å². The second-order valence-electron chi connectivity index (χ2n) is 6.92. The van der Waals surface area contributed by atoms with Gasteiger partial charge in [-0.3, -0.25) is 14.6 Å². The number of guanidine groups is 1. The Morgan fingerprint density at radius 3 is 2.54 bits per heavy atom. The number of aliphatic imine (C=N–C) groups is 1. The Balaban J connectivity index is 0.00000529. The van der Waals surface area contributed by atoms with Gasteiger partial charge in [0.1, 0.15) is 0 Å². The van der Waals surface area contributed by atoms with Crippen molar-refractivity contribution in [1.29, 1.82) is 0 Å². The van der Waals surface area contributed by atoms with E-state index in [4.69, 9.17) is 0 Å². The van der Waals surface area contributed by atoms with Crippen LogP contribution in [0.5, 0.6) is 0 Å². The lowest BCUT2D eigenvalue weighted by Gasteiger charge is -2.31. The summed E-state index contributed by atoms with van der Waals surface area (Å²) < 4.78 is 0. The number of halogens is 1. The molecule has 1 atom stereocenters. The van der Waals surface area contributed by atoms with Crippen molar-refractivity contribution in [2.75, 3.05) is 33.2 Å². The molecule has 0 spiro atoms. The van der Waals surface area contributed by atoms with E-state index >= 15 is 0 Å². The minimum Gasteiger partial charge on any atom is -0.357 e. The molecular formula is C16H32IN5O2. The van der Waals surface area contributed by atoms with Gasteiger partial charge in [-0.1, -0.05) is 20.8 Å². The molecule has 0 aromatic rings. The summed E-state index contributed by atoms with van der Waals surface area (Å²) in [5.74, 6) is 0.943. The van der Waals surface area contributed by atoms with Crippen LogP contribution in [0.3, 0.4) is 0 Å². The second-order valence-corrected chi connectivity index (χ2v) is 6.92. The van der Waals surface area contributed by atoms with Crippen molar-refractivity contribution in [1.82, 2.24) is 20.9 Å². The summed E-state index contributed by atoms with van der Waals surface area (Å²) in [6.07, 6.45) is 1.38. The summed E-state index contributed by atoms with van der Waals surface area (Å²) in [5.41, 5.74) is -0.383. The van der Waals surface area contributed by atoms with Crippen LogP contribution in [0, 0.1) is 5.41 Å². The van der Waals surface area contributed by atoms with Gasteiger partial charge in [0, 0.05) is 44.6 Å². The van der Waals surface area contributed by atoms with Gasteiger partial charge >= 0.3 is 0 Å². The number of hydrogen-bond donors (Lipinski definition) is 3. The Kier molecular flexibility index (Phi) is 10.3. The van der Waals surface area contributed by atoms with E-state index in [0.29, 0.717) is 26.1 Å². The Labute approximate surface area is 162 Å². The molecule has 140 valence electrons. The van der Waals surface area contributed by atoms with Gasteiger partial charge in [0.15, 0.2) is 5.96 Å². The number of rotatable bonds is 5. The summed E-state index contributed by atoms with van der Waals surface area (Å²) in [7, 11) is 1.82. The van der Waals surface area contributed by atoms with E-state index < -0.39 is 0 Å². The molecule has 2 amide bonds. The van der Waals surface area contributed by atoms with Crippen LogP contribution in [-0.2, 0) is 9.59 Å². The van der Waals surface area contributed by atoms with Crippen molar-refractivity contribution >= 4 is 41.8 Å². The van der Waals surface area contributed by atoms with Crippen LogP contribution in [0.2, 0.25) is 0 Å². The molecule has 0 aliphatic carbocycles. The first-order chi connectivity index (χ1) is 10.7. The van der Waals surface area contributed by atoms with Gasteiger partial charge in [-0.15, -0.1) is 24.0 Å². The zero-order valence-corrected chi connectivity index (χ0v) is 17.8. The molecule has 1 fully saturated rings. The van der Waals surface area contributed by atoms with E-state index in [-0.39, 0.29) is 47.2 Å². The summed E-state index contributed by atoms with van der Waals surface area (Å²) >= 11 is 0. The first-order valence-corrected chi connectivity index (χ1v) is 8.31. The molecule has 1 aliphatic rings. The van der Waals surface area contributed by atoms with Crippen molar-refractivity contribution in [2.45, 2.75) is 46.6 Å². The van der Waals surface area contributed by atoms with Crippen LogP contribution in [-0.4, -0.2) is 61.9 Å². The van der Waals surface area contributed by atoms with Crippen LogP contribution in [0.25, 0.3) is 0 Å². The summed E-state index contributed by atoms with van der Waals surface area (Å²) in [6.45, 7) is 10.1. The molecule has 3 N–H and O–H groups in total. The number of nitrogens with zero attached hydrogens (tertiary/aromatic N) is 2. The first kappa shape index (κ1) is 22.9. The van der Waals surface area contributed by atoms with Crippen LogP contribution in [0.15, 0.2) is 4.99 Å². The average molecular weight is 453 g/mol. The Morgan fingerprint density at radius 2 is 2.00 bits per heavy atom. The molecule has 0 aromatic heterocycles. The minimum atomic E-state index is -0.383. The third kappa shape index (κ3) is 8.16. The highest BCUT2D eigenvalue weighted by Crippen LogP contribution is 2.12. The van der Waals surface area contributed by atoms with Crippen molar-refractivity contribution in [3.63, 3.8) is 0 Å². The topological polar surface area (TPSA) is 85.8 Å². The molecule has 1 aliphatic heterocycles. The Bertz CT molecular complexity index is 448. The predicted octanol–water partition coefficient (Wildman–Crippen LogP) is 0.943. The average Bonchev–Trinajstić information content (AvgIpc) is 2.46. The number of hydrogen-bond acceptors (Lipinski definition) is 3. The number of carbonyl (C=O) groups is 2. The lowest BCUT2D eigenvalue weighted by atomic mass is 9.96. The lowest BCUT2D eigenvalue weighted by Crippen LogP contribution is -2.51. The van der Waals surface area contributed by atoms with Gasteiger partial charge in [-0.2, -0.15) is 0 Å². The third-order valence-corrected chi connectivity index (χ3v) is 3.66. The van der Waals surface area contributed by atoms with E-state index in [1.807, 2.05) is 34.7 Å². The molecule has 0 saturated carbocycles. The van der Waals surface area contributed by atoms with Gasteiger partial charge in [0.2, 0.25) is 11.8 Å². The molecule has 1 saturated heterocycles. The molecule has 1 unspecified atom stereocenters. The van der Waals surface area contributed by atoms with E-state index in [1.165, 1.54) is 0 Å². The second kappa shape index (κ2) is 10.7. The standard InChI is InChI=1S/C16H31N5O2.HI/c1-6-17-15(19-10-9-18-14(23)16(2,3)4)20-12-7-8-13(22)21(5)11-12;/h12H,6-11H2,1-5H3,(H,18,23)(H2,17,19,20);1H. The van der Waals surface area contributed by atoms with Crippen LogP contribution in [0.1, 0.15) is 40.5 Å².